The van der Waals surface area contributed by atoms with E-state index in [0.29, 0.717) is 12.6 Å². The minimum absolute atomic E-state index is 0.213. The van der Waals surface area contributed by atoms with Gasteiger partial charge in [-0.25, -0.2) is 0 Å². The van der Waals surface area contributed by atoms with Gasteiger partial charge < -0.3 is 10.6 Å². The van der Waals surface area contributed by atoms with Gasteiger partial charge >= 0.3 is 0 Å². The molecular weight excluding hydrogens is 246 g/mol. The van der Waals surface area contributed by atoms with E-state index < -0.39 is 0 Å². The summed E-state index contributed by atoms with van der Waals surface area (Å²) >= 11 is 1.97. The van der Waals surface area contributed by atoms with Gasteiger partial charge in [-0.1, -0.05) is 0 Å². The van der Waals surface area contributed by atoms with Crippen LogP contribution in [-0.2, 0) is 4.79 Å². The number of hydrogen-bond acceptors (Lipinski definition) is 4. The number of thioether (sulfide) groups is 1. The predicted octanol–water partition coefficient (Wildman–Crippen LogP) is 0.682. The molecule has 5 heteroatoms. The van der Waals surface area contributed by atoms with Crippen molar-refractivity contribution in [2.45, 2.75) is 37.0 Å². The monoisotopic (exact) mass is 271 g/mol. The van der Waals surface area contributed by atoms with E-state index in [1.54, 1.807) is 0 Å². The maximum atomic E-state index is 12.0. The first-order valence-electron chi connectivity index (χ1n) is 7.03. The van der Waals surface area contributed by atoms with E-state index in [1.807, 2.05) is 11.8 Å². The van der Waals surface area contributed by atoms with Gasteiger partial charge in [-0.3, -0.25) is 9.69 Å². The molecule has 2 fully saturated rings. The summed E-state index contributed by atoms with van der Waals surface area (Å²) in [6, 6.07) is 0.420. The lowest BCUT2D eigenvalue weighted by atomic mass is 9.95. The average molecular weight is 271 g/mol. The van der Waals surface area contributed by atoms with Gasteiger partial charge in [-0.05, 0) is 31.9 Å². The summed E-state index contributed by atoms with van der Waals surface area (Å²) in [5.41, 5.74) is 0. The number of amides is 1. The topological polar surface area (TPSA) is 44.4 Å². The van der Waals surface area contributed by atoms with Crippen molar-refractivity contribution >= 4 is 17.7 Å². The maximum Gasteiger partial charge on any atom is 0.234 e. The van der Waals surface area contributed by atoms with E-state index in [-0.39, 0.29) is 5.91 Å². The molecule has 4 nitrogen and oxygen atoms in total. The first kappa shape index (κ1) is 14.2. The minimum atomic E-state index is 0.213. The van der Waals surface area contributed by atoms with Crippen LogP contribution in [0.4, 0.5) is 0 Å². The Morgan fingerprint density at radius 3 is 2.56 bits per heavy atom. The Morgan fingerprint density at radius 1 is 1.28 bits per heavy atom. The van der Waals surface area contributed by atoms with Gasteiger partial charge in [0.15, 0.2) is 0 Å². The van der Waals surface area contributed by atoms with Crippen molar-refractivity contribution < 1.29 is 4.79 Å². The zero-order valence-electron chi connectivity index (χ0n) is 11.3. The molecule has 0 bridgehead atoms. The van der Waals surface area contributed by atoms with Crippen LogP contribution in [0.5, 0.6) is 0 Å². The van der Waals surface area contributed by atoms with Gasteiger partial charge in [0.1, 0.15) is 0 Å². The van der Waals surface area contributed by atoms with Crippen LogP contribution in [0.15, 0.2) is 0 Å². The largest absolute Gasteiger partial charge is 0.352 e. The van der Waals surface area contributed by atoms with Crippen LogP contribution in [0.2, 0.25) is 0 Å². The number of nitrogens with one attached hydrogen (secondary N) is 2. The third-order valence-corrected chi connectivity index (χ3v) is 5.09. The highest BCUT2D eigenvalue weighted by atomic mass is 32.2. The van der Waals surface area contributed by atoms with Crippen LogP contribution < -0.4 is 10.6 Å². The van der Waals surface area contributed by atoms with Crippen molar-refractivity contribution in [3.8, 4) is 0 Å². The molecule has 0 aromatic carbocycles. The number of carbonyl (C=O) groups excluding carboxylic acids is 1. The van der Waals surface area contributed by atoms with Crippen LogP contribution in [0.3, 0.4) is 0 Å². The average Bonchev–Trinajstić information content (AvgIpc) is 2.40. The fourth-order valence-corrected chi connectivity index (χ4v) is 3.53. The quantitative estimate of drug-likeness (QED) is 0.789. The first-order valence-corrected chi connectivity index (χ1v) is 8.32. The van der Waals surface area contributed by atoms with Crippen molar-refractivity contribution in [3.05, 3.63) is 0 Å². The molecule has 0 radical (unpaired) electrons. The third kappa shape index (κ3) is 4.44. The Hall–Kier alpha value is -0.260. The summed E-state index contributed by atoms with van der Waals surface area (Å²) in [7, 11) is 0. The van der Waals surface area contributed by atoms with Crippen LogP contribution in [-0.4, -0.2) is 61.1 Å². The molecule has 2 aliphatic rings. The lowest BCUT2D eigenvalue weighted by molar-refractivity contribution is -0.123. The summed E-state index contributed by atoms with van der Waals surface area (Å²) in [6.07, 6.45) is 6.99. The Kier molecular flexibility index (Phi) is 5.79. The second kappa shape index (κ2) is 7.36. The zero-order chi connectivity index (χ0) is 12.8. The number of carbonyl (C=O) groups is 1. The molecule has 2 rings (SSSR count). The van der Waals surface area contributed by atoms with Crippen molar-refractivity contribution in [1.29, 1.82) is 0 Å². The van der Waals surface area contributed by atoms with E-state index in [9.17, 15) is 4.79 Å². The SMILES string of the molecule is CSC1CCC(NC(=O)CN2CCNCC2)CC1. The highest BCUT2D eigenvalue weighted by Crippen LogP contribution is 2.26. The third-order valence-electron chi connectivity index (χ3n) is 3.95. The molecular formula is C13H25N3OS. The second-order valence-corrected chi connectivity index (χ2v) is 6.44. The van der Waals surface area contributed by atoms with Gasteiger partial charge in [0.25, 0.3) is 0 Å². The standard InChI is InChI=1S/C13H25N3OS/c1-18-12-4-2-11(3-5-12)15-13(17)10-16-8-6-14-7-9-16/h11-12,14H,2-10H2,1H3,(H,15,17). The molecule has 1 saturated carbocycles. The number of piperazine rings is 1. The lowest BCUT2D eigenvalue weighted by Gasteiger charge is -2.30. The maximum absolute atomic E-state index is 12.0. The summed E-state index contributed by atoms with van der Waals surface area (Å²) in [5, 5.41) is 7.32. The minimum Gasteiger partial charge on any atom is -0.352 e. The molecule has 0 aromatic rings. The fraction of sp³-hybridized carbons (Fsp3) is 0.923. The van der Waals surface area contributed by atoms with E-state index in [2.05, 4.69) is 21.8 Å². The van der Waals surface area contributed by atoms with Gasteiger partial charge in [0.2, 0.25) is 5.91 Å². The highest BCUT2D eigenvalue weighted by molar-refractivity contribution is 7.99. The van der Waals surface area contributed by atoms with Gasteiger partial charge in [0, 0.05) is 37.5 Å². The van der Waals surface area contributed by atoms with E-state index in [1.165, 1.54) is 12.8 Å². The molecule has 18 heavy (non-hydrogen) atoms. The van der Waals surface area contributed by atoms with Crippen molar-refractivity contribution in [2.24, 2.45) is 0 Å². The molecule has 1 heterocycles. The molecule has 1 aliphatic carbocycles. The lowest BCUT2D eigenvalue weighted by Crippen LogP contribution is -2.49. The summed E-state index contributed by atoms with van der Waals surface area (Å²) in [5.74, 6) is 0.213. The molecule has 0 aromatic heterocycles. The zero-order valence-corrected chi connectivity index (χ0v) is 12.1. The Labute approximate surface area is 114 Å². The number of rotatable bonds is 4. The van der Waals surface area contributed by atoms with Crippen molar-refractivity contribution in [1.82, 2.24) is 15.5 Å². The summed E-state index contributed by atoms with van der Waals surface area (Å²) in [4.78, 5) is 14.2. The highest BCUT2D eigenvalue weighted by Gasteiger charge is 2.22. The van der Waals surface area contributed by atoms with Gasteiger partial charge in [-0.2, -0.15) is 11.8 Å². The molecule has 104 valence electrons. The molecule has 2 N–H and O–H groups in total. The number of nitrogens with zero attached hydrogens (tertiary/aromatic N) is 1. The molecule has 1 aliphatic heterocycles. The van der Waals surface area contributed by atoms with Crippen LogP contribution in [0.25, 0.3) is 0 Å². The smallest absolute Gasteiger partial charge is 0.234 e. The molecule has 0 atom stereocenters. The summed E-state index contributed by atoms with van der Waals surface area (Å²) < 4.78 is 0. The molecule has 0 unspecified atom stereocenters. The Bertz CT molecular complexity index is 261. The fourth-order valence-electron chi connectivity index (χ4n) is 2.79. The Balaban J connectivity index is 1.65. The van der Waals surface area contributed by atoms with E-state index in [0.717, 1.165) is 44.3 Å². The predicted molar refractivity (Wildman–Crippen MR) is 77.0 cm³/mol. The van der Waals surface area contributed by atoms with Crippen LogP contribution >= 0.6 is 11.8 Å². The number of hydrogen-bond donors (Lipinski definition) is 2. The van der Waals surface area contributed by atoms with Crippen LogP contribution in [0, 0.1) is 0 Å². The Morgan fingerprint density at radius 2 is 1.94 bits per heavy atom. The van der Waals surface area contributed by atoms with Crippen molar-refractivity contribution in [3.63, 3.8) is 0 Å². The first-order chi connectivity index (χ1) is 8.78. The van der Waals surface area contributed by atoms with E-state index in [4.69, 9.17) is 0 Å². The normalized spacial score (nSPS) is 30.1. The molecule has 0 spiro atoms. The van der Waals surface area contributed by atoms with E-state index >= 15 is 0 Å². The van der Waals surface area contributed by atoms with Gasteiger partial charge in [-0.15, -0.1) is 0 Å². The second-order valence-electron chi connectivity index (χ2n) is 5.30. The van der Waals surface area contributed by atoms with Crippen molar-refractivity contribution in [2.75, 3.05) is 39.0 Å². The summed E-state index contributed by atoms with van der Waals surface area (Å²) in [6.45, 7) is 4.57. The molecule has 1 saturated heterocycles. The van der Waals surface area contributed by atoms with Crippen LogP contribution in [0.1, 0.15) is 25.7 Å². The van der Waals surface area contributed by atoms with Gasteiger partial charge in [0.05, 0.1) is 6.54 Å². The molecule has 1 amide bonds.